The number of aromatic amines is 1. The van der Waals surface area contributed by atoms with Crippen LogP contribution in [0.5, 0.6) is 0 Å². The van der Waals surface area contributed by atoms with E-state index in [0.717, 1.165) is 22.8 Å². The number of nitrogens with one attached hydrogen (secondary N) is 1. The van der Waals surface area contributed by atoms with Crippen molar-refractivity contribution in [2.24, 2.45) is 9.98 Å². The van der Waals surface area contributed by atoms with Crippen LogP contribution in [0.4, 0.5) is 11.4 Å². The van der Waals surface area contributed by atoms with E-state index in [2.05, 4.69) is 120 Å². The zero-order valence-corrected chi connectivity index (χ0v) is 21.7. The molecule has 1 N–H and O–H groups in total. The maximum atomic E-state index is 4.63. The fraction of sp³-hybridized carbons (Fsp3) is 0.182. The standard InChI is InChI=1S/C22H23N3.Fe.2HI/c1-15-7-5-8-16(2)21(15)23-13-19-11-12-20(25-19)14-24-22-17(3)9-6-10-18(22)4;;;/h5-14,25H,1-4H3;;2*1H/q;+2;;/p-2. The Morgan fingerprint density at radius 1 is 0.679 bits per heavy atom. The third-order valence-electron chi connectivity index (χ3n) is 4.28. The Morgan fingerprint density at radius 3 is 1.32 bits per heavy atom. The Bertz CT molecular complexity index is 861. The van der Waals surface area contributed by atoms with E-state index in [-0.39, 0.29) is 0 Å². The minimum absolute atomic E-state index is 0.964. The van der Waals surface area contributed by atoms with Crippen molar-refractivity contribution < 1.29 is 8.46 Å². The van der Waals surface area contributed by atoms with Crippen molar-refractivity contribution in [1.82, 2.24) is 4.98 Å². The quantitative estimate of drug-likeness (QED) is 0.175. The van der Waals surface area contributed by atoms with Gasteiger partial charge in [-0.1, -0.05) is 36.4 Å². The van der Waals surface area contributed by atoms with Gasteiger partial charge >= 0.3 is 49.1 Å². The van der Waals surface area contributed by atoms with Gasteiger partial charge in [-0.2, -0.15) is 0 Å². The van der Waals surface area contributed by atoms with Gasteiger partial charge in [-0.05, 0) is 62.1 Å². The van der Waals surface area contributed by atoms with E-state index in [1.54, 1.807) is 0 Å². The molecule has 28 heavy (non-hydrogen) atoms. The van der Waals surface area contributed by atoms with E-state index >= 15 is 0 Å². The average molecular weight is 639 g/mol. The van der Waals surface area contributed by atoms with Crippen LogP contribution in [-0.2, 0) is 8.46 Å². The zero-order valence-electron chi connectivity index (χ0n) is 16.3. The van der Waals surface area contributed by atoms with E-state index in [4.69, 9.17) is 0 Å². The molecule has 0 amide bonds. The predicted octanol–water partition coefficient (Wildman–Crippen LogP) is 7.52. The van der Waals surface area contributed by atoms with E-state index < -0.39 is 0 Å². The molecule has 3 nitrogen and oxygen atoms in total. The van der Waals surface area contributed by atoms with Crippen molar-refractivity contribution in [1.29, 1.82) is 0 Å². The summed E-state index contributed by atoms with van der Waals surface area (Å²) >= 11 is 4.55. The van der Waals surface area contributed by atoms with Crippen LogP contribution in [0.3, 0.4) is 0 Å². The molecule has 0 bridgehead atoms. The van der Waals surface area contributed by atoms with Crippen LogP contribution in [0.2, 0.25) is 0 Å². The Kier molecular flexibility index (Phi) is 9.91. The summed E-state index contributed by atoms with van der Waals surface area (Å²) in [6, 6.07) is 16.5. The van der Waals surface area contributed by atoms with Crippen molar-refractivity contribution >= 4 is 64.5 Å². The summed E-state index contributed by atoms with van der Waals surface area (Å²) < 4.78 is 0. The van der Waals surface area contributed by atoms with Crippen molar-refractivity contribution in [2.45, 2.75) is 27.7 Å². The molecule has 3 aromatic rings. The molecular formula is C22H23FeI2N3. The molecule has 0 aliphatic carbocycles. The summed E-state index contributed by atoms with van der Waals surface area (Å²) in [5, 5.41) is 0. The van der Waals surface area contributed by atoms with Gasteiger partial charge in [0, 0.05) is 0 Å². The van der Waals surface area contributed by atoms with E-state index in [1.807, 2.05) is 24.6 Å². The Labute approximate surface area is 196 Å². The Hall–Kier alpha value is -0.961. The molecule has 3 rings (SSSR count). The second kappa shape index (κ2) is 11.9. The molecule has 0 fully saturated rings. The Balaban J connectivity index is 0.000000878. The van der Waals surface area contributed by atoms with Crippen LogP contribution in [0, 0.1) is 27.7 Å². The Morgan fingerprint density at radius 2 is 1.00 bits per heavy atom. The first kappa shape index (κ1) is 23.3. The summed E-state index contributed by atoms with van der Waals surface area (Å²) in [4.78, 5) is 12.6. The molecule has 2 aromatic carbocycles. The topological polar surface area (TPSA) is 40.5 Å². The molecule has 6 heteroatoms. The van der Waals surface area contributed by atoms with Crippen LogP contribution in [0.15, 0.2) is 58.5 Å². The summed E-state index contributed by atoms with van der Waals surface area (Å²) in [6.45, 7) is 8.32. The summed E-state index contributed by atoms with van der Waals surface area (Å²) in [7, 11) is 1.19. The first-order chi connectivity index (χ1) is 13.5. The molecule has 0 atom stereocenters. The van der Waals surface area contributed by atoms with Gasteiger partial charge in [-0.3, -0.25) is 9.98 Å². The van der Waals surface area contributed by atoms with Crippen LogP contribution < -0.4 is 0 Å². The maximum absolute atomic E-state index is 4.63. The average Bonchev–Trinajstić information content (AvgIpc) is 3.09. The fourth-order valence-corrected chi connectivity index (χ4v) is 2.87. The van der Waals surface area contributed by atoms with Gasteiger partial charge in [-0.25, -0.2) is 0 Å². The summed E-state index contributed by atoms with van der Waals surface area (Å²) in [5.74, 6) is 0. The summed E-state index contributed by atoms with van der Waals surface area (Å²) in [5.41, 5.74) is 8.71. The monoisotopic (exact) mass is 639 g/mol. The molecule has 0 aliphatic heterocycles. The van der Waals surface area contributed by atoms with Gasteiger partial charge in [0.15, 0.2) is 0 Å². The van der Waals surface area contributed by atoms with E-state index in [0.29, 0.717) is 0 Å². The number of hydrogen-bond donors (Lipinski definition) is 1. The molecule has 0 saturated heterocycles. The van der Waals surface area contributed by atoms with Gasteiger partial charge in [0.25, 0.3) is 0 Å². The van der Waals surface area contributed by atoms with Crippen LogP contribution in [-0.4, -0.2) is 17.4 Å². The molecule has 1 heterocycles. The second-order valence-corrected chi connectivity index (χ2v) is 15.7. The number of hydrogen-bond acceptors (Lipinski definition) is 2. The number of H-pyrrole nitrogens is 1. The first-order valence-electron chi connectivity index (χ1n) is 8.71. The molecule has 148 valence electrons. The van der Waals surface area contributed by atoms with Crippen molar-refractivity contribution in [2.75, 3.05) is 0 Å². The van der Waals surface area contributed by atoms with Gasteiger partial charge < -0.3 is 4.98 Å². The number of aryl methyl sites for hydroxylation is 4. The summed E-state index contributed by atoms with van der Waals surface area (Å²) in [6.07, 6.45) is 3.73. The van der Waals surface area contributed by atoms with Gasteiger partial charge in [-0.15, -0.1) is 0 Å². The predicted molar refractivity (Wildman–Crippen MR) is 135 cm³/mol. The fourth-order valence-electron chi connectivity index (χ4n) is 2.87. The van der Waals surface area contributed by atoms with Crippen LogP contribution >= 0.6 is 40.7 Å². The first-order valence-corrected chi connectivity index (χ1v) is 15.8. The second-order valence-electron chi connectivity index (χ2n) is 6.42. The SMILES string of the molecule is Cc1cccc(C)c1N=Cc1ccc(C=Nc2c(C)cccc2C)[nH]1.[I][Fe][I]. The third-order valence-corrected chi connectivity index (χ3v) is 4.28. The van der Waals surface area contributed by atoms with E-state index in [9.17, 15) is 0 Å². The zero-order chi connectivity index (χ0) is 20.5. The molecule has 1 aromatic heterocycles. The number of halogens is 2. The van der Waals surface area contributed by atoms with Crippen molar-refractivity contribution in [3.05, 3.63) is 82.2 Å². The van der Waals surface area contributed by atoms with E-state index in [1.165, 1.54) is 30.7 Å². The molecule has 0 aliphatic rings. The number of aliphatic imine (C=N–C) groups is 2. The number of aromatic nitrogens is 1. The van der Waals surface area contributed by atoms with Crippen molar-refractivity contribution in [3.8, 4) is 0 Å². The van der Waals surface area contributed by atoms with Gasteiger partial charge in [0.1, 0.15) is 0 Å². The molecule has 0 spiro atoms. The minimum atomic E-state index is 0.964. The normalized spacial score (nSPS) is 11.2. The molecule has 0 unspecified atom stereocenters. The number of benzene rings is 2. The van der Waals surface area contributed by atoms with Crippen molar-refractivity contribution in [3.63, 3.8) is 0 Å². The van der Waals surface area contributed by atoms with Crippen LogP contribution in [0.25, 0.3) is 0 Å². The number of para-hydroxylation sites is 2. The molecule has 0 radical (unpaired) electrons. The number of nitrogens with zero attached hydrogens (tertiary/aromatic N) is 2. The third kappa shape index (κ3) is 6.83. The van der Waals surface area contributed by atoms with Crippen LogP contribution in [0.1, 0.15) is 33.6 Å². The van der Waals surface area contributed by atoms with Gasteiger partial charge in [0.2, 0.25) is 0 Å². The number of rotatable bonds is 4. The molecular weight excluding hydrogens is 616 g/mol. The van der Waals surface area contributed by atoms with Gasteiger partial charge in [0.05, 0.1) is 35.2 Å². The molecule has 0 saturated carbocycles.